The second-order valence-electron chi connectivity index (χ2n) is 7.08. The highest BCUT2D eigenvalue weighted by Gasteiger charge is 2.25. The molecular weight excluding hydrogens is 478 g/mol. The highest BCUT2D eigenvalue weighted by atomic mass is 35.5. The van der Waals surface area contributed by atoms with Gasteiger partial charge in [0.05, 0.1) is 20.3 Å². The molecule has 1 aromatic heterocycles. The summed E-state index contributed by atoms with van der Waals surface area (Å²) in [5.74, 6) is -1.77. The molecule has 0 radical (unpaired) electrons. The number of amides is 1. The number of benzene rings is 2. The van der Waals surface area contributed by atoms with Gasteiger partial charge in [0.2, 0.25) is 0 Å². The van der Waals surface area contributed by atoms with E-state index in [0.717, 1.165) is 16.9 Å². The maximum absolute atomic E-state index is 13.4. The fraction of sp³-hybridized carbons (Fsp3) is 0.136. The summed E-state index contributed by atoms with van der Waals surface area (Å²) >= 11 is 13.3. The van der Waals surface area contributed by atoms with Gasteiger partial charge in [0.25, 0.3) is 5.91 Å². The van der Waals surface area contributed by atoms with Crippen LogP contribution in [0.1, 0.15) is 29.3 Å². The predicted octanol–water partition coefficient (Wildman–Crippen LogP) is 6.06. The topological polar surface area (TPSA) is 88.5 Å². The van der Waals surface area contributed by atoms with Crippen molar-refractivity contribution in [3.8, 4) is 5.75 Å². The summed E-state index contributed by atoms with van der Waals surface area (Å²) in [5.41, 5.74) is 2.09. The van der Waals surface area contributed by atoms with Crippen molar-refractivity contribution in [3.05, 3.63) is 74.6 Å². The Kier molecular flexibility index (Phi) is 6.19. The van der Waals surface area contributed by atoms with Gasteiger partial charge in [-0.25, -0.2) is 14.2 Å². The Balaban J connectivity index is 1.63. The molecule has 0 bridgehead atoms. The highest BCUT2D eigenvalue weighted by molar-refractivity contribution is 7.22. The first-order chi connectivity index (χ1) is 15.2. The van der Waals surface area contributed by atoms with Gasteiger partial charge in [0.1, 0.15) is 23.7 Å². The van der Waals surface area contributed by atoms with E-state index in [1.807, 2.05) is 0 Å². The minimum absolute atomic E-state index is 0.00132. The van der Waals surface area contributed by atoms with Crippen LogP contribution in [0.2, 0.25) is 0 Å². The summed E-state index contributed by atoms with van der Waals surface area (Å²) < 4.78 is 19.7. The number of nitrogens with one attached hydrogen (secondary N) is 1. The third kappa shape index (κ3) is 4.48. The Morgan fingerprint density at radius 3 is 2.69 bits per heavy atom. The molecule has 2 aromatic carbocycles. The lowest BCUT2D eigenvalue weighted by Gasteiger charge is -2.08. The van der Waals surface area contributed by atoms with Gasteiger partial charge in [-0.2, -0.15) is 0 Å². The number of fused-ring (bicyclic) bond motifs is 1. The third-order valence-corrected chi connectivity index (χ3v) is 6.70. The number of halogens is 3. The molecule has 1 aliphatic rings. The monoisotopic (exact) mass is 492 g/mol. The number of carboxylic acids is 1. The van der Waals surface area contributed by atoms with Gasteiger partial charge < -0.3 is 9.84 Å². The van der Waals surface area contributed by atoms with Crippen LogP contribution in [0, 0.1) is 5.82 Å². The smallest absolute Gasteiger partial charge is 0.335 e. The van der Waals surface area contributed by atoms with Crippen LogP contribution >= 0.6 is 34.5 Å². The summed E-state index contributed by atoms with van der Waals surface area (Å²) in [5, 5.41) is 12.9. The van der Waals surface area contributed by atoms with E-state index < -0.39 is 17.7 Å². The van der Waals surface area contributed by atoms with E-state index >= 15 is 0 Å². The van der Waals surface area contributed by atoms with Crippen LogP contribution in [0.5, 0.6) is 5.75 Å². The van der Waals surface area contributed by atoms with E-state index in [2.05, 4.69) is 10.3 Å². The molecule has 4 rings (SSSR count). The standard InChI is InChI=1S/C22H15Cl2FN2O4S/c1-10-5-14(18(24)17(10)23)20(28)27-22-26-19-15(7-12(21(29)30)8-16(19)32-22)31-9-11-3-2-4-13(25)6-11/h2-4,6-8H,5,9H2,1H3,(H,29,30)(H,26,27,28). The Bertz CT molecular complexity index is 1330. The Hall–Kier alpha value is -2.94. The molecule has 10 heteroatoms. The van der Waals surface area contributed by atoms with Gasteiger partial charge in [-0.15, -0.1) is 0 Å². The van der Waals surface area contributed by atoms with Crippen LogP contribution in [0.25, 0.3) is 10.2 Å². The minimum Gasteiger partial charge on any atom is -0.487 e. The normalized spacial score (nSPS) is 13.8. The van der Waals surface area contributed by atoms with Gasteiger partial charge >= 0.3 is 5.97 Å². The molecule has 6 nitrogen and oxygen atoms in total. The Labute approximate surface area is 195 Å². The molecule has 1 heterocycles. The van der Waals surface area contributed by atoms with Gasteiger partial charge in [-0.1, -0.05) is 46.7 Å². The predicted molar refractivity (Wildman–Crippen MR) is 122 cm³/mol. The van der Waals surface area contributed by atoms with Crippen molar-refractivity contribution in [2.24, 2.45) is 0 Å². The van der Waals surface area contributed by atoms with E-state index in [9.17, 15) is 19.1 Å². The fourth-order valence-corrected chi connectivity index (χ4v) is 4.58. The zero-order valence-corrected chi connectivity index (χ0v) is 18.9. The molecule has 0 saturated heterocycles. The molecule has 0 saturated carbocycles. The molecule has 164 valence electrons. The van der Waals surface area contributed by atoms with Crippen molar-refractivity contribution < 1.29 is 23.8 Å². The molecule has 0 fully saturated rings. The maximum atomic E-state index is 13.4. The van der Waals surface area contributed by atoms with E-state index in [1.54, 1.807) is 19.1 Å². The van der Waals surface area contributed by atoms with Crippen LogP contribution < -0.4 is 10.1 Å². The summed E-state index contributed by atoms with van der Waals surface area (Å²) in [6.45, 7) is 1.80. The molecule has 0 aliphatic heterocycles. The zero-order valence-electron chi connectivity index (χ0n) is 16.5. The molecule has 2 N–H and O–H groups in total. The molecule has 1 aliphatic carbocycles. The molecule has 32 heavy (non-hydrogen) atoms. The van der Waals surface area contributed by atoms with Crippen LogP contribution in [0.3, 0.4) is 0 Å². The first-order valence-electron chi connectivity index (χ1n) is 9.33. The lowest BCUT2D eigenvalue weighted by Crippen LogP contribution is -2.14. The summed E-state index contributed by atoms with van der Waals surface area (Å²) in [6, 6.07) is 8.68. The quantitative estimate of drug-likeness (QED) is 0.436. The third-order valence-electron chi connectivity index (χ3n) is 4.76. The molecule has 3 aromatic rings. The van der Waals surface area contributed by atoms with E-state index in [-0.39, 0.29) is 28.1 Å². The molecule has 0 spiro atoms. The number of hydrogen-bond acceptors (Lipinski definition) is 5. The van der Waals surface area contributed by atoms with Gasteiger partial charge in [-0.3, -0.25) is 10.1 Å². The average Bonchev–Trinajstić information content (AvgIpc) is 3.27. The fourth-order valence-electron chi connectivity index (χ4n) is 3.17. The Morgan fingerprint density at radius 1 is 1.25 bits per heavy atom. The molecule has 0 unspecified atom stereocenters. The number of carbonyl (C=O) groups is 2. The van der Waals surface area contributed by atoms with Crippen molar-refractivity contribution in [3.63, 3.8) is 0 Å². The van der Waals surface area contributed by atoms with E-state index in [4.69, 9.17) is 27.9 Å². The summed E-state index contributed by atoms with van der Waals surface area (Å²) in [7, 11) is 0. The maximum Gasteiger partial charge on any atom is 0.335 e. The number of allylic oxidation sites excluding steroid dienone is 3. The number of nitrogens with zero attached hydrogens (tertiary/aromatic N) is 1. The van der Waals surface area contributed by atoms with Crippen molar-refractivity contribution in [1.82, 2.24) is 4.98 Å². The van der Waals surface area contributed by atoms with Gasteiger partial charge in [-0.05, 0) is 42.3 Å². The minimum atomic E-state index is -1.14. The van der Waals surface area contributed by atoms with Crippen molar-refractivity contribution in [1.29, 1.82) is 0 Å². The number of ether oxygens (including phenoxy) is 1. The van der Waals surface area contributed by atoms with Crippen molar-refractivity contribution in [2.75, 3.05) is 5.32 Å². The lowest BCUT2D eigenvalue weighted by atomic mass is 10.1. The number of carbonyl (C=O) groups excluding carboxylic acids is 1. The average molecular weight is 493 g/mol. The zero-order chi connectivity index (χ0) is 23.0. The molecule has 0 atom stereocenters. The van der Waals surface area contributed by atoms with Crippen LogP contribution in [0.4, 0.5) is 9.52 Å². The first-order valence-corrected chi connectivity index (χ1v) is 10.9. The summed E-state index contributed by atoms with van der Waals surface area (Å²) in [4.78, 5) is 28.6. The number of aromatic carboxylic acids is 1. The van der Waals surface area contributed by atoms with Crippen molar-refractivity contribution >= 4 is 61.8 Å². The van der Waals surface area contributed by atoms with Crippen molar-refractivity contribution in [2.45, 2.75) is 20.0 Å². The lowest BCUT2D eigenvalue weighted by molar-refractivity contribution is -0.112. The number of carboxylic acid groups (broad SMARTS) is 1. The number of aromatic nitrogens is 1. The van der Waals surface area contributed by atoms with Gasteiger partial charge in [0.15, 0.2) is 5.13 Å². The van der Waals surface area contributed by atoms with Crippen LogP contribution in [0.15, 0.2) is 57.6 Å². The first kappa shape index (κ1) is 22.3. The number of thiazole rings is 1. The van der Waals surface area contributed by atoms with Crippen LogP contribution in [-0.2, 0) is 11.4 Å². The number of anilines is 1. The SMILES string of the molecule is CC1=C(Cl)C(Cl)=C(C(=O)Nc2nc3c(OCc4cccc(F)c4)cc(C(=O)O)cc3s2)C1. The van der Waals surface area contributed by atoms with E-state index in [1.165, 1.54) is 24.3 Å². The van der Waals surface area contributed by atoms with Crippen LogP contribution in [-0.4, -0.2) is 22.0 Å². The Morgan fingerprint density at radius 2 is 2.03 bits per heavy atom. The summed E-state index contributed by atoms with van der Waals surface area (Å²) in [6.07, 6.45) is 0.333. The number of hydrogen-bond donors (Lipinski definition) is 2. The second-order valence-corrected chi connectivity index (χ2v) is 8.87. The largest absolute Gasteiger partial charge is 0.487 e. The molecule has 1 amide bonds. The molecular formula is C22H15Cl2FN2O4S. The van der Waals surface area contributed by atoms with E-state index in [0.29, 0.717) is 32.8 Å². The highest BCUT2D eigenvalue weighted by Crippen LogP contribution is 2.39. The second kappa shape index (κ2) is 8.90. The van der Waals surface area contributed by atoms with Gasteiger partial charge in [0, 0.05) is 12.0 Å². The number of rotatable bonds is 6.